The molecule has 76 valence electrons. The molecule has 0 rings (SSSR count). The molecule has 1 atom stereocenters. The Labute approximate surface area is 80.2 Å². The van der Waals surface area contributed by atoms with E-state index >= 15 is 0 Å². The number of ether oxygens (including phenoxy) is 1. The maximum absolute atomic E-state index is 11.0. The van der Waals surface area contributed by atoms with E-state index in [0.29, 0.717) is 6.61 Å². The second kappa shape index (κ2) is 7.80. The molecule has 0 spiro atoms. The summed E-state index contributed by atoms with van der Waals surface area (Å²) < 4.78 is 4.94. The highest BCUT2D eigenvalue weighted by Gasteiger charge is 2.02. The largest absolute Gasteiger partial charge is 0.465 e. The first kappa shape index (κ1) is 12.2. The monoisotopic (exact) mass is 185 g/mol. The molecule has 0 heterocycles. The minimum Gasteiger partial charge on any atom is -0.465 e. The Morgan fingerprint density at radius 2 is 2.38 bits per heavy atom. The number of carbonyl (C=O) groups is 1. The number of carbonyl (C=O) groups excluding carboxylic acids is 1. The van der Waals surface area contributed by atoms with Gasteiger partial charge >= 0.3 is 5.97 Å². The Morgan fingerprint density at radius 1 is 1.69 bits per heavy atom. The molecular formula is C10H19NO2. The van der Waals surface area contributed by atoms with E-state index in [9.17, 15) is 4.79 Å². The first-order chi connectivity index (χ1) is 6.20. The van der Waals surface area contributed by atoms with Gasteiger partial charge in [-0.15, -0.1) is 6.58 Å². The Hall–Kier alpha value is -0.830. The number of nitrogens with one attached hydrogen (secondary N) is 1. The van der Waals surface area contributed by atoms with Crippen LogP contribution >= 0.6 is 0 Å². The van der Waals surface area contributed by atoms with Gasteiger partial charge in [-0.2, -0.15) is 0 Å². The third-order valence-corrected chi connectivity index (χ3v) is 1.68. The fourth-order valence-corrected chi connectivity index (χ4v) is 0.709. The van der Waals surface area contributed by atoms with Crippen molar-refractivity contribution in [1.29, 1.82) is 0 Å². The fourth-order valence-electron chi connectivity index (χ4n) is 0.709. The average Bonchev–Trinajstić information content (AvgIpc) is 2.14. The number of hydrogen-bond donors (Lipinski definition) is 1. The van der Waals surface area contributed by atoms with Crippen molar-refractivity contribution >= 4 is 5.97 Å². The molecule has 0 aliphatic rings. The molecule has 0 fully saturated rings. The number of unbranched alkanes of at least 4 members (excludes halogenated alkanes) is 1. The number of esters is 1. The summed E-state index contributed by atoms with van der Waals surface area (Å²) in [6.07, 6.45) is 3.73. The van der Waals surface area contributed by atoms with Gasteiger partial charge in [-0.1, -0.05) is 19.4 Å². The summed E-state index contributed by atoms with van der Waals surface area (Å²) in [6, 6.07) is 0.152. The molecule has 0 aliphatic heterocycles. The topological polar surface area (TPSA) is 38.3 Å². The van der Waals surface area contributed by atoms with Crippen LogP contribution < -0.4 is 5.32 Å². The van der Waals surface area contributed by atoms with E-state index in [-0.39, 0.29) is 18.6 Å². The van der Waals surface area contributed by atoms with Crippen molar-refractivity contribution in [3.8, 4) is 0 Å². The molecule has 0 radical (unpaired) electrons. The molecular weight excluding hydrogens is 166 g/mol. The highest BCUT2D eigenvalue weighted by molar-refractivity contribution is 5.71. The van der Waals surface area contributed by atoms with Gasteiger partial charge < -0.3 is 10.1 Å². The van der Waals surface area contributed by atoms with Crippen LogP contribution in [0.1, 0.15) is 26.7 Å². The summed E-state index contributed by atoms with van der Waals surface area (Å²) in [5, 5.41) is 2.97. The highest BCUT2D eigenvalue weighted by atomic mass is 16.5. The van der Waals surface area contributed by atoms with Gasteiger partial charge in [-0.05, 0) is 13.3 Å². The molecule has 3 heteroatoms. The molecule has 3 nitrogen and oxygen atoms in total. The van der Waals surface area contributed by atoms with Gasteiger partial charge in [0.2, 0.25) is 0 Å². The zero-order valence-electron chi connectivity index (χ0n) is 8.51. The molecule has 0 bridgehead atoms. The van der Waals surface area contributed by atoms with E-state index in [1.165, 1.54) is 0 Å². The molecule has 0 aromatic carbocycles. The summed E-state index contributed by atoms with van der Waals surface area (Å²) in [6.45, 7) is 8.39. The minimum absolute atomic E-state index is 0.152. The summed E-state index contributed by atoms with van der Waals surface area (Å²) in [5.41, 5.74) is 0. The van der Waals surface area contributed by atoms with Crippen LogP contribution in [0.25, 0.3) is 0 Å². The SMILES string of the molecule is C=CC(C)NCC(=O)OCCCC. The second-order valence-electron chi connectivity index (χ2n) is 2.98. The Kier molecular flexibility index (Phi) is 7.30. The van der Waals surface area contributed by atoms with Crippen LogP contribution in [0.5, 0.6) is 0 Å². The van der Waals surface area contributed by atoms with Crippen molar-refractivity contribution in [1.82, 2.24) is 5.32 Å². The van der Waals surface area contributed by atoms with Crippen LogP contribution in [0, 0.1) is 0 Å². The maximum Gasteiger partial charge on any atom is 0.319 e. The average molecular weight is 185 g/mol. The standard InChI is InChI=1S/C10H19NO2/c1-4-6-7-13-10(12)8-11-9(3)5-2/h5,9,11H,2,4,6-8H2,1,3H3. The molecule has 0 saturated carbocycles. The summed E-state index contributed by atoms with van der Waals surface area (Å²) in [5.74, 6) is -0.192. The van der Waals surface area contributed by atoms with Gasteiger partial charge in [0, 0.05) is 6.04 Å². The van der Waals surface area contributed by atoms with Crippen molar-refractivity contribution in [2.75, 3.05) is 13.2 Å². The number of hydrogen-bond acceptors (Lipinski definition) is 3. The molecule has 0 aromatic rings. The van der Waals surface area contributed by atoms with Crippen LogP contribution in [-0.2, 0) is 9.53 Å². The van der Waals surface area contributed by atoms with Gasteiger partial charge in [0.1, 0.15) is 0 Å². The third-order valence-electron chi connectivity index (χ3n) is 1.68. The maximum atomic E-state index is 11.0. The van der Waals surface area contributed by atoms with Crippen molar-refractivity contribution in [3.63, 3.8) is 0 Å². The molecule has 0 aromatic heterocycles. The first-order valence-electron chi connectivity index (χ1n) is 4.72. The van der Waals surface area contributed by atoms with Crippen molar-refractivity contribution in [3.05, 3.63) is 12.7 Å². The first-order valence-corrected chi connectivity index (χ1v) is 4.72. The lowest BCUT2D eigenvalue weighted by atomic mass is 10.3. The van der Waals surface area contributed by atoms with Gasteiger partial charge in [-0.25, -0.2) is 0 Å². The van der Waals surface area contributed by atoms with Crippen molar-refractivity contribution < 1.29 is 9.53 Å². The lowest BCUT2D eigenvalue weighted by Gasteiger charge is -2.08. The summed E-state index contributed by atoms with van der Waals surface area (Å²) >= 11 is 0. The predicted molar refractivity (Wildman–Crippen MR) is 53.5 cm³/mol. The van der Waals surface area contributed by atoms with Gasteiger partial charge in [0.05, 0.1) is 13.2 Å². The van der Waals surface area contributed by atoms with E-state index in [1.54, 1.807) is 6.08 Å². The lowest BCUT2D eigenvalue weighted by molar-refractivity contribution is -0.142. The predicted octanol–water partition coefficient (Wildman–Crippen LogP) is 1.49. The zero-order chi connectivity index (χ0) is 10.1. The van der Waals surface area contributed by atoms with Gasteiger partial charge in [0.25, 0.3) is 0 Å². The molecule has 0 amide bonds. The molecule has 0 saturated heterocycles. The highest BCUT2D eigenvalue weighted by Crippen LogP contribution is 1.88. The van der Waals surface area contributed by atoms with Crippen LogP contribution in [0.2, 0.25) is 0 Å². The van der Waals surface area contributed by atoms with Crippen LogP contribution in [0.4, 0.5) is 0 Å². The van der Waals surface area contributed by atoms with Crippen LogP contribution in [0.3, 0.4) is 0 Å². The summed E-state index contributed by atoms with van der Waals surface area (Å²) in [7, 11) is 0. The smallest absolute Gasteiger partial charge is 0.319 e. The summed E-state index contributed by atoms with van der Waals surface area (Å²) in [4.78, 5) is 11.0. The van der Waals surface area contributed by atoms with Crippen LogP contribution in [0.15, 0.2) is 12.7 Å². The van der Waals surface area contributed by atoms with Crippen molar-refractivity contribution in [2.24, 2.45) is 0 Å². The molecule has 1 unspecified atom stereocenters. The molecule has 13 heavy (non-hydrogen) atoms. The zero-order valence-corrected chi connectivity index (χ0v) is 8.51. The fraction of sp³-hybridized carbons (Fsp3) is 0.700. The lowest BCUT2D eigenvalue weighted by Crippen LogP contribution is -2.31. The van der Waals surface area contributed by atoms with Crippen LogP contribution in [-0.4, -0.2) is 25.2 Å². The Balaban J connectivity index is 3.35. The third kappa shape index (κ3) is 7.53. The Bertz CT molecular complexity index is 157. The van der Waals surface area contributed by atoms with E-state index in [2.05, 4.69) is 18.8 Å². The second-order valence-corrected chi connectivity index (χ2v) is 2.98. The normalized spacial score (nSPS) is 12.2. The minimum atomic E-state index is -0.192. The molecule has 1 N–H and O–H groups in total. The van der Waals surface area contributed by atoms with Gasteiger partial charge in [-0.3, -0.25) is 4.79 Å². The van der Waals surface area contributed by atoms with Crippen molar-refractivity contribution in [2.45, 2.75) is 32.7 Å². The Morgan fingerprint density at radius 3 is 2.92 bits per heavy atom. The number of rotatable bonds is 7. The van der Waals surface area contributed by atoms with E-state index < -0.39 is 0 Å². The quantitative estimate of drug-likeness (QED) is 0.371. The van der Waals surface area contributed by atoms with E-state index in [1.807, 2.05) is 6.92 Å². The van der Waals surface area contributed by atoms with Gasteiger partial charge in [0.15, 0.2) is 0 Å². The molecule has 0 aliphatic carbocycles. The van der Waals surface area contributed by atoms with E-state index in [4.69, 9.17) is 4.74 Å². The van der Waals surface area contributed by atoms with E-state index in [0.717, 1.165) is 12.8 Å².